The average molecular weight is 224 g/mol. The van der Waals surface area contributed by atoms with Crippen molar-refractivity contribution in [3.8, 4) is 0 Å². The van der Waals surface area contributed by atoms with Gasteiger partial charge in [0.1, 0.15) is 0 Å². The molecule has 0 radical (unpaired) electrons. The summed E-state index contributed by atoms with van der Waals surface area (Å²) in [5.41, 5.74) is 0. The molecule has 3 rings (SSSR count). The highest BCUT2D eigenvalue weighted by Crippen LogP contribution is 2.65. The van der Waals surface area contributed by atoms with E-state index in [-0.39, 0.29) is 6.10 Å². The van der Waals surface area contributed by atoms with Gasteiger partial charge in [0.15, 0.2) is 0 Å². The highest BCUT2D eigenvalue weighted by atomic mass is 16.3. The van der Waals surface area contributed by atoms with Crippen LogP contribution in [0.3, 0.4) is 0 Å². The van der Waals surface area contributed by atoms with Crippen molar-refractivity contribution >= 4 is 0 Å². The van der Waals surface area contributed by atoms with Crippen molar-refractivity contribution in [2.75, 3.05) is 27.2 Å². The molecular weight excluding hydrogens is 200 g/mol. The van der Waals surface area contributed by atoms with Crippen LogP contribution in [-0.2, 0) is 0 Å². The topological polar surface area (TPSA) is 35.5 Å². The molecule has 0 spiro atoms. The summed E-state index contributed by atoms with van der Waals surface area (Å²) < 4.78 is 0. The Morgan fingerprint density at radius 1 is 1.25 bits per heavy atom. The van der Waals surface area contributed by atoms with E-state index in [4.69, 9.17) is 0 Å². The first-order valence-corrected chi connectivity index (χ1v) is 6.73. The van der Waals surface area contributed by atoms with Crippen LogP contribution >= 0.6 is 0 Å². The normalized spacial score (nSPS) is 46.1. The molecule has 3 fully saturated rings. The van der Waals surface area contributed by atoms with Crippen molar-refractivity contribution in [2.24, 2.45) is 23.7 Å². The van der Waals surface area contributed by atoms with Crippen LogP contribution in [0.15, 0.2) is 0 Å². The molecule has 0 aromatic carbocycles. The number of nitrogens with one attached hydrogen (secondary N) is 1. The molecular formula is C13H24N2O. The number of hydrogen-bond donors (Lipinski definition) is 2. The zero-order valence-corrected chi connectivity index (χ0v) is 10.4. The van der Waals surface area contributed by atoms with E-state index in [1.807, 2.05) is 19.0 Å². The van der Waals surface area contributed by atoms with Gasteiger partial charge in [0.2, 0.25) is 0 Å². The molecule has 2 N–H and O–H groups in total. The van der Waals surface area contributed by atoms with Crippen LogP contribution < -0.4 is 5.32 Å². The van der Waals surface area contributed by atoms with Gasteiger partial charge in [-0.15, -0.1) is 0 Å². The standard InChI is InChI=1S/C13H24N2O/c1-15(2)7-10(16)6-14-13-11-8-3-4-9(5-8)12(11)13/h8-14,16H,3-7H2,1-2H3. The first kappa shape index (κ1) is 11.0. The maximum Gasteiger partial charge on any atom is 0.0791 e. The highest BCUT2D eigenvalue weighted by Gasteiger charge is 2.64. The lowest BCUT2D eigenvalue weighted by Crippen LogP contribution is -2.37. The predicted molar refractivity (Wildman–Crippen MR) is 64.2 cm³/mol. The maximum absolute atomic E-state index is 9.80. The molecule has 3 nitrogen and oxygen atoms in total. The SMILES string of the molecule is CN(C)CC(O)CNC1C2C3CCC(C3)C12. The fourth-order valence-corrected chi connectivity index (χ4v) is 4.36. The lowest BCUT2D eigenvalue weighted by Gasteiger charge is -2.17. The third-order valence-electron chi connectivity index (χ3n) is 4.90. The van der Waals surface area contributed by atoms with Crippen molar-refractivity contribution in [3.63, 3.8) is 0 Å². The van der Waals surface area contributed by atoms with Crippen molar-refractivity contribution < 1.29 is 5.11 Å². The largest absolute Gasteiger partial charge is 0.390 e. The summed E-state index contributed by atoms with van der Waals surface area (Å²) in [6.45, 7) is 1.54. The molecule has 3 heteroatoms. The van der Waals surface area contributed by atoms with Gasteiger partial charge in [-0.2, -0.15) is 0 Å². The Labute approximate surface area is 98.2 Å². The number of fused-ring (bicyclic) bond motifs is 5. The zero-order valence-electron chi connectivity index (χ0n) is 10.4. The van der Waals surface area contributed by atoms with E-state index in [0.29, 0.717) is 0 Å². The Morgan fingerprint density at radius 3 is 2.44 bits per heavy atom. The quantitative estimate of drug-likeness (QED) is 0.715. The van der Waals surface area contributed by atoms with Crippen molar-refractivity contribution in [2.45, 2.75) is 31.4 Å². The molecule has 0 aliphatic heterocycles. The smallest absolute Gasteiger partial charge is 0.0791 e. The Hall–Kier alpha value is -0.120. The average Bonchev–Trinajstić information content (AvgIpc) is 2.62. The lowest BCUT2D eigenvalue weighted by molar-refractivity contribution is 0.133. The van der Waals surface area contributed by atoms with E-state index in [0.717, 1.165) is 42.8 Å². The summed E-state index contributed by atoms with van der Waals surface area (Å²) in [5.74, 6) is 4.01. The minimum atomic E-state index is -0.214. The van der Waals surface area contributed by atoms with E-state index in [9.17, 15) is 5.11 Å². The molecule has 5 unspecified atom stereocenters. The fraction of sp³-hybridized carbons (Fsp3) is 1.00. The zero-order chi connectivity index (χ0) is 11.3. The summed E-state index contributed by atoms with van der Waals surface area (Å²) in [4.78, 5) is 2.05. The third-order valence-corrected chi connectivity index (χ3v) is 4.90. The van der Waals surface area contributed by atoms with Crippen LogP contribution in [0.25, 0.3) is 0 Å². The molecule has 2 bridgehead atoms. The van der Waals surface area contributed by atoms with Gasteiger partial charge >= 0.3 is 0 Å². The molecule has 3 saturated carbocycles. The second kappa shape index (κ2) is 3.97. The third kappa shape index (κ3) is 1.79. The van der Waals surface area contributed by atoms with Crippen LogP contribution in [-0.4, -0.2) is 49.3 Å². The van der Waals surface area contributed by atoms with Crippen LogP contribution in [0.1, 0.15) is 19.3 Å². The number of aliphatic hydroxyl groups excluding tert-OH is 1. The monoisotopic (exact) mass is 224 g/mol. The first-order valence-electron chi connectivity index (χ1n) is 6.73. The number of aliphatic hydroxyl groups is 1. The van der Waals surface area contributed by atoms with Gasteiger partial charge in [-0.1, -0.05) is 0 Å². The second-order valence-electron chi connectivity index (χ2n) is 6.34. The molecule has 0 heterocycles. The van der Waals surface area contributed by atoms with E-state index in [1.54, 1.807) is 0 Å². The Morgan fingerprint density at radius 2 is 1.88 bits per heavy atom. The van der Waals surface area contributed by atoms with Crippen molar-refractivity contribution in [3.05, 3.63) is 0 Å². The Kier molecular flexibility index (Phi) is 2.73. The summed E-state index contributed by atoms with van der Waals surface area (Å²) in [6, 6.07) is 0.753. The van der Waals surface area contributed by atoms with Gasteiger partial charge < -0.3 is 15.3 Å². The Balaban J connectivity index is 1.42. The van der Waals surface area contributed by atoms with Gasteiger partial charge in [-0.25, -0.2) is 0 Å². The molecule has 0 aromatic heterocycles. The number of rotatable bonds is 5. The summed E-state index contributed by atoms with van der Waals surface area (Å²) >= 11 is 0. The minimum Gasteiger partial charge on any atom is -0.390 e. The summed E-state index contributed by atoms with van der Waals surface area (Å²) in [5, 5.41) is 13.4. The highest BCUT2D eigenvalue weighted by molar-refractivity contribution is 5.16. The van der Waals surface area contributed by atoms with Crippen LogP contribution in [0.4, 0.5) is 0 Å². The summed E-state index contributed by atoms with van der Waals surface area (Å²) in [6.07, 6.45) is 4.25. The molecule has 3 aliphatic rings. The maximum atomic E-state index is 9.80. The molecule has 92 valence electrons. The van der Waals surface area contributed by atoms with Gasteiger partial charge in [0, 0.05) is 19.1 Å². The number of hydrogen-bond acceptors (Lipinski definition) is 3. The molecule has 0 saturated heterocycles. The number of nitrogens with zero attached hydrogens (tertiary/aromatic N) is 1. The lowest BCUT2D eigenvalue weighted by atomic mass is 10.0. The van der Waals surface area contributed by atoms with Crippen molar-refractivity contribution in [1.82, 2.24) is 10.2 Å². The molecule has 16 heavy (non-hydrogen) atoms. The van der Waals surface area contributed by atoms with Crippen LogP contribution in [0.2, 0.25) is 0 Å². The minimum absolute atomic E-state index is 0.214. The van der Waals surface area contributed by atoms with Crippen LogP contribution in [0, 0.1) is 23.7 Å². The molecule has 0 amide bonds. The van der Waals surface area contributed by atoms with Gasteiger partial charge in [0.25, 0.3) is 0 Å². The second-order valence-corrected chi connectivity index (χ2v) is 6.34. The van der Waals surface area contributed by atoms with E-state index >= 15 is 0 Å². The Bertz CT molecular complexity index is 253. The van der Waals surface area contributed by atoms with Gasteiger partial charge in [-0.3, -0.25) is 0 Å². The molecule has 0 aromatic rings. The van der Waals surface area contributed by atoms with E-state index in [1.165, 1.54) is 19.3 Å². The first-order chi connectivity index (χ1) is 7.66. The predicted octanol–water partition coefficient (Wildman–Crippen LogP) is 0.543. The number of likely N-dealkylation sites (N-methyl/N-ethyl adjacent to an activating group) is 1. The van der Waals surface area contributed by atoms with E-state index < -0.39 is 0 Å². The summed E-state index contributed by atoms with van der Waals surface area (Å²) in [7, 11) is 4.02. The van der Waals surface area contributed by atoms with Crippen molar-refractivity contribution in [1.29, 1.82) is 0 Å². The molecule has 5 atom stereocenters. The van der Waals surface area contributed by atoms with Gasteiger partial charge in [0.05, 0.1) is 6.10 Å². The molecule has 3 aliphatic carbocycles. The fourth-order valence-electron chi connectivity index (χ4n) is 4.36. The van der Waals surface area contributed by atoms with E-state index in [2.05, 4.69) is 5.32 Å². The van der Waals surface area contributed by atoms with Gasteiger partial charge in [-0.05, 0) is 57.0 Å². The van der Waals surface area contributed by atoms with Crippen LogP contribution in [0.5, 0.6) is 0 Å².